The monoisotopic (exact) mass is 522 g/mol. The zero-order valence-corrected chi connectivity index (χ0v) is 23.2. The second-order valence-corrected chi connectivity index (χ2v) is 11.6. The molecule has 1 N–H and O–H groups in total. The van der Waals surface area contributed by atoms with Gasteiger partial charge in [-0.2, -0.15) is 0 Å². The van der Waals surface area contributed by atoms with Crippen LogP contribution in [-0.2, 0) is 6.42 Å². The molecule has 2 atom stereocenters. The van der Waals surface area contributed by atoms with Crippen LogP contribution >= 0.6 is 11.3 Å². The minimum Gasteiger partial charge on any atom is -0.320 e. The van der Waals surface area contributed by atoms with Gasteiger partial charge in [0.2, 0.25) is 0 Å². The lowest BCUT2D eigenvalue weighted by molar-refractivity contribution is 0.102. The van der Waals surface area contributed by atoms with Gasteiger partial charge < -0.3 is 5.32 Å². The molecule has 3 aromatic carbocycles. The van der Waals surface area contributed by atoms with Crippen LogP contribution in [0.3, 0.4) is 0 Å². The van der Waals surface area contributed by atoms with Gasteiger partial charge in [-0.3, -0.25) is 4.79 Å². The molecule has 0 aliphatic heterocycles. The molecule has 1 heterocycles. The van der Waals surface area contributed by atoms with E-state index in [2.05, 4.69) is 60.8 Å². The molecule has 1 saturated carbocycles. The fourth-order valence-electron chi connectivity index (χ4n) is 5.71. The summed E-state index contributed by atoms with van der Waals surface area (Å²) in [7, 11) is 0. The summed E-state index contributed by atoms with van der Waals surface area (Å²) < 4.78 is 0. The third kappa shape index (κ3) is 6.99. The van der Waals surface area contributed by atoms with Crippen molar-refractivity contribution < 1.29 is 4.79 Å². The van der Waals surface area contributed by atoms with Crippen LogP contribution in [0, 0.1) is 12.8 Å². The molecule has 1 fully saturated rings. The van der Waals surface area contributed by atoms with Gasteiger partial charge >= 0.3 is 0 Å². The van der Waals surface area contributed by atoms with Gasteiger partial charge in [-0.25, -0.2) is 4.98 Å². The Morgan fingerprint density at radius 1 is 0.921 bits per heavy atom. The maximum atomic E-state index is 13.2. The van der Waals surface area contributed by atoms with E-state index in [1.807, 2.05) is 35.7 Å². The Morgan fingerprint density at radius 3 is 2.53 bits per heavy atom. The summed E-state index contributed by atoms with van der Waals surface area (Å²) in [6, 6.07) is 27.2. The van der Waals surface area contributed by atoms with Crippen molar-refractivity contribution in [1.29, 1.82) is 0 Å². The van der Waals surface area contributed by atoms with Gasteiger partial charge in [-0.1, -0.05) is 98.0 Å². The molecule has 4 aromatic rings. The number of anilines is 1. The number of nitrogens with one attached hydrogen (secondary N) is 1. The maximum Gasteiger partial charge on any atom is 0.275 e. The lowest BCUT2D eigenvalue weighted by Gasteiger charge is -2.14. The Labute approximate surface area is 231 Å². The number of hydrogen-bond donors (Lipinski definition) is 1. The van der Waals surface area contributed by atoms with Crippen molar-refractivity contribution in [1.82, 2.24) is 4.98 Å². The van der Waals surface area contributed by atoms with Crippen molar-refractivity contribution in [3.05, 3.63) is 106 Å². The van der Waals surface area contributed by atoms with Crippen LogP contribution in [0.4, 0.5) is 5.69 Å². The number of benzene rings is 3. The molecule has 1 aromatic heterocycles. The van der Waals surface area contributed by atoms with Crippen LogP contribution in [0.1, 0.15) is 83.9 Å². The topological polar surface area (TPSA) is 42.0 Å². The molecule has 196 valence electrons. The molecule has 38 heavy (non-hydrogen) atoms. The van der Waals surface area contributed by atoms with Gasteiger partial charge in [-0.15, -0.1) is 11.3 Å². The molecule has 4 heteroatoms. The van der Waals surface area contributed by atoms with Crippen molar-refractivity contribution >= 4 is 22.9 Å². The Bertz CT molecular complexity index is 1310. The van der Waals surface area contributed by atoms with E-state index < -0.39 is 0 Å². The highest BCUT2D eigenvalue weighted by Gasteiger charge is 2.23. The van der Waals surface area contributed by atoms with Gasteiger partial charge in [-0.05, 0) is 68.2 Å². The highest BCUT2D eigenvalue weighted by molar-refractivity contribution is 7.10. The summed E-state index contributed by atoms with van der Waals surface area (Å²) in [4.78, 5) is 18.0. The molecule has 3 nitrogen and oxygen atoms in total. The molecule has 1 amide bonds. The fourth-order valence-corrected chi connectivity index (χ4v) is 6.68. The normalized spacial score (nSPS) is 17.6. The summed E-state index contributed by atoms with van der Waals surface area (Å²) in [5, 5.41) is 6.20. The van der Waals surface area contributed by atoms with Gasteiger partial charge in [0.15, 0.2) is 0 Å². The van der Waals surface area contributed by atoms with E-state index in [9.17, 15) is 4.79 Å². The fraction of sp³-hybridized carbons (Fsp3) is 0.353. The summed E-state index contributed by atoms with van der Waals surface area (Å²) >= 11 is 1.66. The second kappa shape index (κ2) is 13.0. The van der Waals surface area contributed by atoms with E-state index in [-0.39, 0.29) is 5.91 Å². The largest absolute Gasteiger partial charge is 0.320 e. The number of amides is 1. The number of carbonyl (C=O) groups excluding carboxylic acids is 1. The van der Waals surface area contributed by atoms with Crippen molar-refractivity contribution in [2.45, 2.75) is 70.6 Å². The lowest BCUT2D eigenvalue weighted by atomic mass is 9.92. The minimum atomic E-state index is -0.126. The predicted octanol–water partition coefficient (Wildman–Crippen LogP) is 9.45. The van der Waals surface area contributed by atoms with Gasteiger partial charge in [0.1, 0.15) is 5.69 Å². The minimum absolute atomic E-state index is 0.126. The first-order chi connectivity index (χ1) is 18.7. The van der Waals surface area contributed by atoms with E-state index in [4.69, 9.17) is 4.98 Å². The smallest absolute Gasteiger partial charge is 0.275 e. The van der Waals surface area contributed by atoms with Crippen molar-refractivity contribution in [2.75, 3.05) is 5.32 Å². The average molecular weight is 523 g/mol. The molecule has 1 aliphatic carbocycles. The maximum absolute atomic E-state index is 13.2. The molecule has 1 aliphatic rings. The zero-order chi connectivity index (χ0) is 26.2. The number of carbonyl (C=O) groups is 1. The van der Waals surface area contributed by atoms with Gasteiger partial charge in [0.05, 0.1) is 5.01 Å². The summed E-state index contributed by atoms with van der Waals surface area (Å²) in [5.41, 5.74) is 6.11. The number of rotatable bonds is 9. The summed E-state index contributed by atoms with van der Waals surface area (Å²) in [6.07, 6.45) is 11.4. The van der Waals surface area contributed by atoms with Crippen LogP contribution < -0.4 is 5.32 Å². The molecular weight excluding hydrogens is 484 g/mol. The van der Waals surface area contributed by atoms with Crippen molar-refractivity contribution in [3.8, 4) is 11.1 Å². The zero-order valence-electron chi connectivity index (χ0n) is 22.4. The Balaban J connectivity index is 1.15. The van der Waals surface area contributed by atoms with Crippen molar-refractivity contribution in [2.24, 2.45) is 5.92 Å². The molecule has 0 saturated heterocycles. The van der Waals surface area contributed by atoms with Crippen molar-refractivity contribution in [3.63, 3.8) is 0 Å². The Hall–Kier alpha value is -3.24. The highest BCUT2D eigenvalue weighted by Crippen LogP contribution is 2.37. The van der Waals surface area contributed by atoms with E-state index in [0.717, 1.165) is 27.7 Å². The number of aryl methyl sites for hydroxylation is 2. The Morgan fingerprint density at radius 2 is 1.71 bits per heavy atom. The second-order valence-electron chi connectivity index (χ2n) is 10.7. The van der Waals surface area contributed by atoms with E-state index in [0.29, 0.717) is 11.6 Å². The van der Waals surface area contributed by atoms with E-state index in [1.54, 1.807) is 11.3 Å². The third-order valence-electron chi connectivity index (χ3n) is 7.87. The van der Waals surface area contributed by atoms with Crippen LogP contribution in [0.2, 0.25) is 0 Å². The number of unbranched alkanes of at least 4 members (excludes halogenated alkanes) is 1. The SMILES string of the molecule is Cc1ccc(NC(=O)c2csc(C3CCCC(CCCCc4ccccc4)CC3)n2)c(-c2ccccc2)c1. The molecule has 5 rings (SSSR count). The molecule has 0 bridgehead atoms. The first kappa shape index (κ1) is 26.4. The van der Waals surface area contributed by atoms with Crippen LogP contribution in [-0.4, -0.2) is 10.9 Å². The standard InChI is InChI=1S/C34H38N2OS/c1-25-19-22-31(30(23-25)28-16-6-3-7-17-28)35-33(37)32-24-38-34(36-32)29-18-10-15-27(20-21-29)14-9-8-13-26-11-4-2-5-12-26/h2-7,11-12,16-17,19,22-24,27,29H,8-10,13-15,18,20-21H2,1H3,(H,35,37). The van der Waals surface area contributed by atoms with Crippen LogP contribution in [0.5, 0.6) is 0 Å². The average Bonchev–Trinajstić information content (AvgIpc) is 3.33. The summed E-state index contributed by atoms with van der Waals surface area (Å²) in [6.45, 7) is 2.08. The van der Waals surface area contributed by atoms with Gasteiger partial charge in [0.25, 0.3) is 5.91 Å². The van der Waals surface area contributed by atoms with Crippen LogP contribution in [0.25, 0.3) is 11.1 Å². The Kier molecular flexibility index (Phi) is 9.03. The number of thiazole rings is 1. The lowest BCUT2D eigenvalue weighted by Crippen LogP contribution is -2.13. The highest BCUT2D eigenvalue weighted by atomic mass is 32.1. The van der Waals surface area contributed by atoms with Gasteiger partial charge in [0, 0.05) is 22.5 Å². The number of hydrogen-bond acceptors (Lipinski definition) is 3. The predicted molar refractivity (Wildman–Crippen MR) is 160 cm³/mol. The van der Waals surface area contributed by atoms with E-state index in [1.165, 1.54) is 68.9 Å². The third-order valence-corrected chi connectivity index (χ3v) is 8.88. The van der Waals surface area contributed by atoms with E-state index >= 15 is 0 Å². The number of aromatic nitrogens is 1. The number of nitrogens with zero attached hydrogens (tertiary/aromatic N) is 1. The molecule has 0 radical (unpaired) electrons. The molecule has 2 unspecified atom stereocenters. The molecular formula is C34H38N2OS. The summed E-state index contributed by atoms with van der Waals surface area (Å²) in [5.74, 6) is 1.19. The molecule has 0 spiro atoms. The first-order valence-electron chi connectivity index (χ1n) is 14.1. The first-order valence-corrected chi connectivity index (χ1v) is 15.0. The van der Waals surface area contributed by atoms with Crippen LogP contribution in [0.15, 0.2) is 84.2 Å². The quantitative estimate of drug-likeness (QED) is 0.176.